The summed E-state index contributed by atoms with van der Waals surface area (Å²) >= 11 is 3.49. The fourth-order valence-corrected chi connectivity index (χ4v) is 3.05. The number of halogens is 1. The first-order valence-electron chi connectivity index (χ1n) is 7.47. The Hall–Kier alpha value is -0.840. The van der Waals surface area contributed by atoms with Gasteiger partial charge in [0.2, 0.25) is 0 Å². The molecule has 0 aliphatic carbocycles. The first-order valence-corrected chi connectivity index (χ1v) is 8.26. The molecule has 0 saturated carbocycles. The average Bonchev–Trinajstić information content (AvgIpc) is 2.98. The molecule has 0 aromatic heterocycles. The molecule has 1 N–H and O–H groups in total. The molecule has 1 heterocycles. The molecular formula is C17H24BrNO2. The summed E-state index contributed by atoms with van der Waals surface area (Å²) in [7, 11) is 0. The van der Waals surface area contributed by atoms with E-state index < -0.39 is 0 Å². The highest BCUT2D eigenvalue weighted by Crippen LogP contribution is 2.28. The van der Waals surface area contributed by atoms with Crippen LogP contribution in [-0.2, 0) is 4.89 Å². The fraction of sp³-hybridized carbons (Fsp3) is 0.529. The van der Waals surface area contributed by atoms with Crippen LogP contribution in [0.5, 0.6) is 0 Å². The summed E-state index contributed by atoms with van der Waals surface area (Å²) < 4.78 is 1.06. The molecule has 0 bridgehead atoms. The van der Waals surface area contributed by atoms with Crippen LogP contribution in [0, 0.1) is 6.92 Å². The zero-order valence-electron chi connectivity index (χ0n) is 13.0. The average molecular weight is 354 g/mol. The van der Waals surface area contributed by atoms with Crippen molar-refractivity contribution in [3.05, 3.63) is 39.9 Å². The molecule has 0 radical (unpaired) electrons. The quantitative estimate of drug-likeness (QED) is 0.466. The number of aryl methyl sites for hydroxylation is 1. The maximum atomic E-state index is 9.21. The van der Waals surface area contributed by atoms with Gasteiger partial charge in [-0.25, -0.2) is 5.26 Å². The van der Waals surface area contributed by atoms with E-state index >= 15 is 0 Å². The zero-order valence-corrected chi connectivity index (χ0v) is 14.6. The number of likely N-dealkylation sites (tertiary alicyclic amines) is 1. The lowest BCUT2D eigenvalue weighted by Gasteiger charge is -2.34. The molecule has 1 aliphatic rings. The Balaban J connectivity index is 2.14. The van der Waals surface area contributed by atoms with Crippen molar-refractivity contribution in [1.82, 2.24) is 4.90 Å². The Kier molecular flexibility index (Phi) is 5.47. The van der Waals surface area contributed by atoms with E-state index in [2.05, 4.69) is 39.6 Å². The Morgan fingerprint density at radius 2 is 2.05 bits per heavy atom. The van der Waals surface area contributed by atoms with E-state index in [1.54, 1.807) is 0 Å². The van der Waals surface area contributed by atoms with Crippen molar-refractivity contribution in [2.45, 2.75) is 45.6 Å². The SMILES string of the molecule is Cc1cc(C(=CCC(C)(C)N2CCCC2)OO)ccc1Br. The second-order valence-corrected chi connectivity index (χ2v) is 7.19. The summed E-state index contributed by atoms with van der Waals surface area (Å²) in [5.74, 6) is 0.526. The summed E-state index contributed by atoms with van der Waals surface area (Å²) in [6.07, 6.45) is 5.39. The van der Waals surface area contributed by atoms with E-state index in [1.807, 2.05) is 31.2 Å². The largest absolute Gasteiger partial charge is 0.340 e. The number of rotatable bonds is 5. The van der Waals surface area contributed by atoms with Crippen LogP contribution in [0.15, 0.2) is 28.7 Å². The van der Waals surface area contributed by atoms with Gasteiger partial charge < -0.3 is 4.89 Å². The van der Waals surface area contributed by atoms with E-state index in [1.165, 1.54) is 12.8 Å². The minimum Gasteiger partial charge on any atom is -0.340 e. The Morgan fingerprint density at radius 3 is 2.62 bits per heavy atom. The molecule has 21 heavy (non-hydrogen) atoms. The maximum absolute atomic E-state index is 9.21. The van der Waals surface area contributed by atoms with Gasteiger partial charge in [0, 0.05) is 15.6 Å². The van der Waals surface area contributed by atoms with E-state index in [0.717, 1.165) is 35.1 Å². The van der Waals surface area contributed by atoms with Crippen LogP contribution in [0.25, 0.3) is 5.76 Å². The predicted molar refractivity (Wildman–Crippen MR) is 90.1 cm³/mol. The van der Waals surface area contributed by atoms with Gasteiger partial charge in [0.05, 0.1) is 0 Å². The van der Waals surface area contributed by atoms with Crippen molar-refractivity contribution < 1.29 is 10.1 Å². The van der Waals surface area contributed by atoms with Crippen molar-refractivity contribution >= 4 is 21.7 Å². The van der Waals surface area contributed by atoms with Crippen molar-refractivity contribution in [2.75, 3.05) is 13.1 Å². The highest BCUT2D eigenvalue weighted by molar-refractivity contribution is 9.10. The first kappa shape index (κ1) is 16.5. The topological polar surface area (TPSA) is 32.7 Å². The third-order valence-electron chi connectivity index (χ3n) is 4.29. The summed E-state index contributed by atoms with van der Waals surface area (Å²) in [6, 6.07) is 5.93. The molecule has 0 amide bonds. The summed E-state index contributed by atoms with van der Waals surface area (Å²) in [5.41, 5.74) is 2.11. The first-order chi connectivity index (χ1) is 9.94. The van der Waals surface area contributed by atoms with E-state index in [0.29, 0.717) is 5.76 Å². The van der Waals surface area contributed by atoms with E-state index in [4.69, 9.17) is 0 Å². The smallest absolute Gasteiger partial charge is 0.168 e. The number of benzene rings is 1. The van der Waals surface area contributed by atoms with Gasteiger partial charge in [0.25, 0.3) is 0 Å². The van der Waals surface area contributed by atoms with Gasteiger partial charge in [-0.05, 0) is 83.0 Å². The molecule has 4 heteroatoms. The van der Waals surface area contributed by atoms with Gasteiger partial charge in [-0.2, -0.15) is 0 Å². The number of hydrogen-bond donors (Lipinski definition) is 1. The van der Waals surface area contributed by atoms with Crippen LogP contribution in [0.3, 0.4) is 0 Å². The molecule has 1 fully saturated rings. The van der Waals surface area contributed by atoms with Gasteiger partial charge >= 0.3 is 0 Å². The summed E-state index contributed by atoms with van der Waals surface area (Å²) in [4.78, 5) is 7.12. The van der Waals surface area contributed by atoms with Gasteiger partial charge in [-0.15, -0.1) is 0 Å². The third kappa shape index (κ3) is 4.09. The molecule has 1 saturated heterocycles. The van der Waals surface area contributed by atoms with Gasteiger partial charge in [0.1, 0.15) is 0 Å². The molecule has 1 aromatic rings. The lowest BCUT2D eigenvalue weighted by Crippen LogP contribution is -2.41. The Labute approximate surface area is 135 Å². The highest BCUT2D eigenvalue weighted by Gasteiger charge is 2.28. The van der Waals surface area contributed by atoms with E-state index in [-0.39, 0.29) is 5.54 Å². The molecular weight excluding hydrogens is 330 g/mol. The van der Waals surface area contributed by atoms with Crippen LogP contribution in [0.1, 0.15) is 44.2 Å². The van der Waals surface area contributed by atoms with Crippen LogP contribution in [-0.4, -0.2) is 28.8 Å². The van der Waals surface area contributed by atoms with Crippen LogP contribution in [0.4, 0.5) is 0 Å². The van der Waals surface area contributed by atoms with Crippen molar-refractivity contribution in [2.24, 2.45) is 0 Å². The number of hydrogen-bond acceptors (Lipinski definition) is 3. The Morgan fingerprint density at radius 1 is 1.38 bits per heavy atom. The normalized spacial score (nSPS) is 17.3. The molecule has 0 unspecified atom stereocenters. The van der Waals surface area contributed by atoms with Gasteiger partial charge in [-0.3, -0.25) is 4.90 Å². The van der Waals surface area contributed by atoms with Crippen molar-refractivity contribution in [3.8, 4) is 0 Å². The Bertz CT molecular complexity index is 520. The summed E-state index contributed by atoms with van der Waals surface area (Å²) in [5, 5.41) is 9.21. The van der Waals surface area contributed by atoms with Crippen LogP contribution in [0.2, 0.25) is 0 Å². The van der Waals surface area contributed by atoms with Crippen molar-refractivity contribution in [1.29, 1.82) is 0 Å². The third-order valence-corrected chi connectivity index (χ3v) is 5.18. The molecule has 116 valence electrons. The van der Waals surface area contributed by atoms with Crippen molar-refractivity contribution in [3.63, 3.8) is 0 Å². The number of nitrogens with zero attached hydrogens (tertiary/aromatic N) is 1. The van der Waals surface area contributed by atoms with Crippen LogP contribution >= 0.6 is 15.9 Å². The van der Waals surface area contributed by atoms with Gasteiger partial charge in [0.15, 0.2) is 5.76 Å². The lowest BCUT2D eigenvalue weighted by atomic mass is 9.97. The lowest BCUT2D eigenvalue weighted by molar-refractivity contribution is -0.170. The second-order valence-electron chi connectivity index (χ2n) is 6.33. The molecule has 0 spiro atoms. The maximum Gasteiger partial charge on any atom is 0.168 e. The van der Waals surface area contributed by atoms with Gasteiger partial charge in [-0.1, -0.05) is 15.9 Å². The summed E-state index contributed by atoms with van der Waals surface area (Å²) in [6.45, 7) is 8.84. The highest BCUT2D eigenvalue weighted by atomic mass is 79.9. The standard InChI is InChI=1S/C17H24BrNO2/c1-13-12-14(6-7-15(13)18)16(21-20)8-9-17(2,3)19-10-4-5-11-19/h6-8,12,20H,4-5,9-11H2,1-3H3. The molecule has 1 aliphatic heterocycles. The van der Waals surface area contributed by atoms with E-state index in [9.17, 15) is 5.26 Å². The second kappa shape index (κ2) is 6.95. The minimum atomic E-state index is 0.0880. The monoisotopic (exact) mass is 353 g/mol. The molecule has 0 atom stereocenters. The molecule has 2 rings (SSSR count). The molecule has 1 aromatic carbocycles. The molecule has 3 nitrogen and oxygen atoms in total. The zero-order chi connectivity index (χ0) is 15.5. The minimum absolute atomic E-state index is 0.0880. The van der Waals surface area contributed by atoms with Crippen LogP contribution < -0.4 is 0 Å². The fourth-order valence-electron chi connectivity index (χ4n) is 2.80. The predicted octanol–water partition coefficient (Wildman–Crippen LogP) is 4.85.